The molecule has 4 fully saturated rings. The van der Waals surface area contributed by atoms with Crippen LogP contribution in [0.3, 0.4) is 0 Å². The van der Waals surface area contributed by atoms with E-state index in [1.165, 1.54) is 67.8 Å². The summed E-state index contributed by atoms with van der Waals surface area (Å²) in [6.07, 6.45) is 7.93. The average Bonchev–Trinajstić information content (AvgIpc) is 2.77. The lowest BCUT2D eigenvalue weighted by atomic mass is 9.47. The van der Waals surface area contributed by atoms with Gasteiger partial charge in [0.15, 0.2) is 0 Å². The van der Waals surface area contributed by atoms with Gasteiger partial charge in [-0.15, -0.1) is 0 Å². The second-order valence-corrected chi connectivity index (χ2v) is 14.4. The monoisotopic (exact) mass is 507 g/mol. The van der Waals surface area contributed by atoms with E-state index in [9.17, 15) is 16.8 Å². The third-order valence-electron chi connectivity index (χ3n) is 8.08. The molecule has 1 atom stereocenters. The molecule has 6 rings (SSSR count). The van der Waals surface area contributed by atoms with Crippen molar-refractivity contribution in [3.63, 3.8) is 0 Å². The lowest BCUT2D eigenvalue weighted by Crippen LogP contribution is -2.56. The van der Waals surface area contributed by atoms with Crippen molar-refractivity contribution in [3.05, 3.63) is 53.6 Å². The molecule has 33 heavy (non-hydrogen) atoms. The molecular formula is C25H30ClNO4S2. The summed E-state index contributed by atoms with van der Waals surface area (Å²) < 4.78 is 56.0. The fourth-order valence-corrected chi connectivity index (χ4v) is 10.0. The molecule has 0 unspecified atom stereocenters. The number of hydrogen-bond donors (Lipinski definition) is 1. The summed E-state index contributed by atoms with van der Waals surface area (Å²) in [5, 5.41) is 0.435. The van der Waals surface area contributed by atoms with Crippen LogP contribution in [0.1, 0.15) is 51.9 Å². The van der Waals surface area contributed by atoms with E-state index in [0.717, 1.165) is 43.4 Å². The molecule has 0 spiro atoms. The van der Waals surface area contributed by atoms with Gasteiger partial charge in [0, 0.05) is 11.1 Å². The Kier molecular flexibility index (Phi) is 5.91. The van der Waals surface area contributed by atoms with Crippen LogP contribution in [0.2, 0.25) is 5.02 Å². The highest BCUT2D eigenvalue weighted by atomic mass is 35.5. The molecule has 0 saturated heterocycles. The van der Waals surface area contributed by atoms with Crippen molar-refractivity contribution >= 4 is 31.5 Å². The zero-order chi connectivity index (χ0) is 23.4. The first-order chi connectivity index (χ1) is 15.6. The number of sulfone groups is 1. The predicted molar refractivity (Wildman–Crippen MR) is 128 cm³/mol. The molecule has 0 radical (unpaired) electrons. The van der Waals surface area contributed by atoms with Crippen LogP contribution in [0.15, 0.2) is 63.2 Å². The van der Waals surface area contributed by atoms with Crippen LogP contribution < -0.4 is 4.72 Å². The molecule has 0 heterocycles. The zero-order valence-electron chi connectivity index (χ0n) is 18.7. The second kappa shape index (κ2) is 8.36. The van der Waals surface area contributed by atoms with Crippen molar-refractivity contribution in [1.82, 2.24) is 4.72 Å². The van der Waals surface area contributed by atoms with Gasteiger partial charge in [0.25, 0.3) is 0 Å². The molecule has 0 aromatic heterocycles. The summed E-state index contributed by atoms with van der Waals surface area (Å²) in [6, 6.07) is 11.4. The fourth-order valence-electron chi connectivity index (χ4n) is 7.06. The highest BCUT2D eigenvalue weighted by Crippen LogP contribution is 2.61. The van der Waals surface area contributed by atoms with E-state index in [2.05, 4.69) is 4.72 Å². The Hall–Kier alpha value is -1.41. The van der Waals surface area contributed by atoms with E-state index >= 15 is 0 Å². The number of halogens is 1. The predicted octanol–water partition coefficient (Wildman–Crippen LogP) is 5.45. The molecule has 4 bridgehead atoms. The minimum absolute atomic E-state index is 0.0132. The van der Waals surface area contributed by atoms with E-state index in [1.807, 2.05) is 6.92 Å². The highest BCUT2D eigenvalue weighted by Gasteiger charge is 2.54. The van der Waals surface area contributed by atoms with Crippen molar-refractivity contribution in [1.29, 1.82) is 0 Å². The normalized spacial score (nSPS) is 29.8. The van der Waals surface area contributed by atoms with Crippen LogP contribution in [0.25, 0.3) is 0 Å². The molecule has 4 aliphatic carbocycles. The van der Waals surface area contributed by atoms with Gasteiger partial charge in [0.05, 0.1) is 14.7 Å². The maximum absolute atomic E-state index is 13.4. The van der Waals surface area contributed by atoms with Gasteiger partial charge in [0.1, 0.15) is 0 Å². The first-order valence-corrected chi connectivity index (χ1v) is 15.1. The van der Waals surface area contributed by atoms with Crippen molar-refractivity contribution in [2.24, 2.45) is 23.2 Å². The average molecular weight is 508 g/mol. The minimum atomic E-state index is -3.87. The second-order valence-electron chi connectivity index (χ2n) is 10.3. The zero-order valence-corrected chi connectivity index (χ0v) is 21.1. The van der Waals surface area contributed by atoms with Gasteiger partial charge in [-0.2, -0.15) is 0 Å². The summed E-state index contributed by atoms with van der Waals surface area (Å²) in [7, 11) is -7.73. The van der Waals surface area contributed by atoms with Crippen LogP contribution in [0.5, 0.6) is 0 Å². The summed E-state index contributed by atoms with van der Waals surface area (Å²) >= 11 is 5.88. The van der Waals surface area contributed by atoms with Gasteiger partial charge < -0.3 is 0 Å². The van der Waals surface area contributed by atoms with Crippen LogP contribution >= 0.6 is 11.6 Å². The van der Waals surface area contributed by atoms with E-state index in [4.69, 9.17) is 11.6 Å². The van der Waals surface area contributed by atoms with Crippen molar-refractivity contribution in [2.45, 2.75) is 72.6 Å². The van der Waals surface area contributed by atoms with Crippen LogP contribution in [0, 0.1) is 23.2 Å². The Morgan fingerprint density at radius 1 is 0.879 bits per heavy atom. The Labute approximate surface area is 201 Å². The Bertz CT molecular complexity index is 1220. The largest absolute Gasteiger partial charge is 0.240 e. The van der Waals surface area contributed by atoms with Gasteiger partial charge >= 0.3 is 0 Å². The number of nitrogens with one attached hydrogen (secondary N) is 1. The van der Waals surface area contributed by atoms with E-state index in [0.29, 0.717) is 5.02 Å². The number of benzene rings is 2. The van der Waals surface area contributed by atoms with Crippen molar-refractivity contribution < 1.29 is 16.8 Å². The maximum Gasteiger partial charge on any atom is 0.240 e. The van der Waals surface area contributed by atoms with Crippen LogP contribution in [0.4, 0.5) is 0 Å². The molecule has 8 heteroatoms. The lowest BCUT2D eigenvalue weighted by Gasteiger charge is -2.59. The minimum Gasteiger partial charge on any atom is -0.219 e. The van der Waals surface area contributed by atoms with E-state index in [-0.39, 0.29) is 26.1 Å². The molecule has 4 aliphatic rings. The molecule has 178 valence electrons. The molecule has 2 aromatic carbocycles. The Balaban J connectivity index is 1.43. The van der Waals surface area contributed by atoms with Crippen molar-refractivity contribution in [3.8, 4) is 0 Å². The molecule has 5 nitrogen and oxygen atoms in total. The highest BCUT2D eigenvalue weighted by molar-refractivity contribution is 7.91. The number of sulfonamides is 1. The van der Waals surface area contributed by atoms with Gasteiger partial charge in [-0.3, -0.25) is 0 Å². The van der Waals surface area contributed by atoms with Crippen LogP contribution in [-0.2, 0) is 19.9 Å². The maximum atomic E-state index is 13.4. The molecule has 1 N–H and O–H groups in total. The summed E-state index contributed by atoms with van der Waals surface area (Å²) in [4.78, 5) is 0.0191. The van der Waals surface area contributed by atoms with Crippen molar-refractivity contribution in [2.75, 3.05) is 0 Å². The summed E-state index contributed by atoms with van der Waals surface area (Å²) in [5.41, 5.74) is 0.0313. The molecule has 0 aliphatic heterocycles. The number of rotatable bonds is 7. The van der Waals surface area contributed by atoms with E-state index in [1.54, 1.807) is 0 Å². The first-order valence-electron chi connectivity index (χ1n) is 11.7. The smallest absolute Gasteiger partial charge is 0.219 e. The SMILES string of the molecule is CC[C@H](NS(=O)(=O)c1cccc(S(=O)(=O)c2ccc(Cl)cc2)c1)C12CC3CC(CC(C3)C1)C2. The fraction of sp³-hybridized carbons (Fsp3) is 0.520. The Morgan fingerprint density at radius 3 is 1.97 bits per heavy atom. The number of hydrogen-bond acceptors (Lipinski definition) is 4. The lowest BCUT2D eigenvalue weighted by molar-refractivity contribution is -0.0704. The first kappa shape index (κ1) is 23.3. The van der Waals surface area contributed by atoms with Gasteiger partial charge in [-0.1, -0.05) is 24.6 Å². The third kappa shape index (κ3) is 4.26. The van der Waals surface area contributed by atoms with Gasteiger partial charge in [-0.05, 0) is 111 Å². The molecule has 2 aromatic rings. The van der Waals surface area contributed by atoms with Gasteiger partial charge in [-0.25, -0.2) is 21.6 Å². The summed E-state index contributed by atoms with van der Waals surface area (Å²) in [6.45, 7) is 2.05. The standard InChI is InChI=1S/C25H30ClNO4S2/c1-2-24(25-14-17-10-18(15-25)12-19(11-17)16-25)27-33(30,31)23-5-3-4-22(13-23)32(28,29)21-8-6-20(26)7-9-21/h3-9,13,17-19,24,27H,2,10-12,14-16H2,1H3/t17?,18?,19?,24-,25?/m0/s1. The van der Waals surface area contributed by atoms with E-state index < -0.39 is 19.9 Å². The van der Waals surface area contributed by atoms with Crippen LogP contribution in [-0.4, -0.2) is 22.9 Å². The molecular weight excluding hydrogens is 478 g/mol. The summed E-state index contributed by atoms with van der Waals surface area (Å²) in [5.74, 6) is 2.17. The topological polar surface area (TPSA) is 80.3 Å². The third-order valence-corrected chi connectivity index (χ3v) is 11.6. The van der Waals surface area contributed by atoms with Gasteiger partial charge in [0.2, 0.25) is 19.9 Å². The molecule has 0 amide bonds. The molecule has 4 saturated carbocycles. The Morgan fingerprint density at radius 2 is 1.42 bits per heavy atom. The quantitative estimate of drug-likeness (QED) is 0.540.